The lowest BCUT2D eigenvalue weighted by molar-refractivity contribution is 0.0685. The molecule has 59 heavy (non-hydrogen) atoms. The summed E-state index contributed by atoms with van der Waals surface area (Å²) in [6.07, 6.45) is 5.79. The van der Waals surface area contributed by atoms with E-state index >= 15 is 0 Å². The third-order valence-electron chi connectivity index (χ3n) is 11.4. The van der Waals surface area contributed by atoms with E-state index in [4.69, 9.17) is 0 Å². The summed E-state index contributed by atoms with van der Waals surface area (Å²) in [4.78, 5) is 47.1. The zero-order valence-electron chi connectivity index (χ0n) is 37.5. The van der Waals surface area contributed by atoms with Gasteiger partial charge in [0.15, 0.2) is 0 Å². The summed E-state index contributed by atoms with van der Waals surface area (Å²) >= 11 is 0. The van der Waals surface area contributed by atoms with Gasteiger partial charge in [0.25, 0.3) is 0 Å². The van der Waals surface area contributed by atoms with Crippen molar-refractivity contribution in [2.75, 3.05) is 0 Å². The fraction of sp³-hybridized carbons (Fsp3) is 0.412. The minimum absolute atomic E-state index is 0.0188. The van der Waals surface area contributed by atoms with E-state index in [9.17, 15) is 39.6 Å². The van der Waals surface area contributed by atoms with Crippen LogP contribution in [0.2, 0.25) is 0 Å². The van der Waals surface area contributed by atoms with Gasteiger partial charge in [-0.3, -0.25) is 0 Å². The molecule has 0 bridgehead atoms. The van der Waals surface area contributed by atoms with Crippen LogP contribution >= 0.6 is 0 Å². The van der Waals surface area contributed by atoms with Gasteiger partial charge >= 0.3 is 23.9 Å². The van der Waals surface area contributed by atoms with E-state index in [1.54, 1.807) is 24.3 Å². The number of aromatic carboxylic acids is 4. The van der Waals surface area contributed by atoms with Gasteiger partial charge in [0, 0.05) is 5.92 Å². The van der Waals surface area contributed by atoms with Crippen molar-refractivity contribution < 1.29 is 39.6 Å². The molecular formula is C51H64O8. The SMILES string of the molecule is Cc1cc(C(=CCCCC(C)(C)C)c2cc(C)c(C)c(C(=O)O)c2)cc(C(=O)O)c1C.Cc1cc(C(CC(C)(C)C)c2cc(C)c(C)c(C(=O)O)c2)cc(C(=O)O)c1C. The molecule has 0 atom stereocenters. The Morgan fingerprint density at radius 1 is 0.492 bits per heavy atom. The summed E-state index contributed by atoms with van der Waals surface area (Å²) in [5, 5.41) is 38.6. The summed E-state index contributed by atoms with van der Waals surface area (Å²) in [7, 11) is 0. The highest BCUT2D eigenvalue weighted by molar-refractivity contribution is 5.95. The zero-order chi connectivity index (χ0) is 44.9. The van der Waals surface area contributed by atoms with E-state index in [1.165, 1.54) is 0 Å². The molecule has 0 aliphatic carbocycles. The van der Waals surface area contributed by atoms with Crippen LogP contribution in [0.4, 0.5) is 0 Å². The second-order valence-electron chi connectivity index (χ2n) is 18.6. The topological polar surface area (TPSA) is 149 Å². The summed E-state index contributed by atoms with van der Waals surface area (Å²) in [6, 6.07) is 15.0. The predicted molar refractivity (Wildman–Crippen MR) is 238 cm³/mol. The second-order valence-corrected chi connectivity index (χ2v) is 18.6. The Balaban J connectivity index is 0.000000317. The number of allylic oxidation sites excluding steroid dienone is 1. The Morgan fingerprint density at radius 3 is 1.12 bits per heavy atom. The van der Waals surface area contributed by atoms with Crippen molar-refractivity contribution in [3.05, 3.63) is 144 Å². The lowest BCUT2D eigenvalue weighted by atomic mass is 9.76. The number of aryl methyl sites for hydroxylation is 4. The number of hydrogen-bond acceptors (Lipinski definition) is 4. The van der Waals surface area contributed by atoms with Gasteiger partial charge in [-0.2, -0.15) is 0 Å². The number of carboxylic acid groups (broad SMARTS) is 4. The zero-order valence-corrected chi connectivity index (χ0v) is 37.5. The van der Waals surface area contributed by atoms with Crippen LogP contribution in [0.1, 0.15) is 181 Å². The Bertz CT molecular complexity index is 2150. The fourth-order valence-electron chi connectivity index (χ4n) is 7.42. The first-order chi connectivity index (χ1) is 27.1. The van der Waals surface area contributed by atoms with E-state index in [0.29, 0.717) is 11.1 Å². The molecule has 0 amide bonds. The molecule has 4 aromatic carbocycles. The molecule has 0 aliphatic heterocycles. The summed E-state index contributed by atoms with van der Waals surface area (Å²) in [6.45, 7) is 28.0. The number of rotatable bonds is 12. The normalized spacial score (nSPS) is 11.5. The predicted octanol–water partition coefficient (Wildman–Crippen LogP) is 12.8. The molecule has 8 nitrogen and oxygen atoms in total. The Labute approximate surface area is 351 Å². The maximum Gasteiger partial charge on any atom is 0.335 e. The van der Waals surface area contributed by atoms with Crippen LogP contribution in [0.15, 0.2) is 54.6 Å². The largest absolute Gasteiger partial charge is 0.478 e. The molecule has 4 aromatic rings. The summed E-state index contributed by atoms with van der Waals surface area (Å²) < 4.78 is 0. The number of carboxylic acids is 4. The molecule has 4 N–H and O–H groups in total. The lowest BCUT2D eigenvalue weighted by Gasteiger charge is -2.28. The molecule has 0 radical (unpaired) electrons. The maximum absolute atomic E-state index is 11.8. The van der Waals surface area contributed by atoms with Crippen molar-refractivity contribution in [3.63, 3.8) is 0 Å². The number of hydrogen-bond donors (Lipinski definition) is 4. The molecule has 0 aliphatic rings. The smallest absolute Gasteiger partial charge is 0.335 e. The van der Waals surface area contributed by atoms with Gasteiger partial charge in [-0.25, -0.2) is 19.2 Å². The molecule has 0 saturated heterocycles. The summed E-state index contributed by atoms with van der Waals surface area (Å²) in [5.74, 6) is -3.89. The highest BCUT2D eigenvalue weighted by Crippen LogP contribution is 2.39. The average Bonchev–Trinajstić information content (AvgIpc) is 3.10. The van der Waals surface area contributed by atoms with Gasteiger partial charge in [-0.15, -0.1) is 0 Å². The van der Waals surface area contributed by atoms with Gasteiger partial charge in [-0.05, 0) is 189 Å². The van der Waals surface area contributed by atoms with E-state index in [0.717, 1.165) is 98.0 Å². The van der Waals surface area contributed by atoms with Crippen molar-refractivity contribution in [1.82, 2.24) is 0 Å². The third kappa shape index (κ3) is 12.5. The minimum Gasteiger partial charge on any atom is -0.478 e. The Morgan fingerprint density at radius 2 is 0.814 bits per heavy atom. The van der Waals surface area contributed by atoms with E-state index < -0.39 is 23.9 Å². The van der Waals surface area contributed by atoms with Crippen LogP contribution in [0, 0.1) is 66.2 Å². The monoisotopic (exact) mass is 804 g/mol. The van der Waals surface area contributed by atoms with Crippen LogP contribution in [0.3, 0.4) is 0 Å². The van der Waals surface area contributed by atoms with Gasteiger partial charge < -0.3 is 20.4 Å². The van der Waals surface area contributed by atoms with Crippen LogP contribution in [0.25, 0.3) is 5.57 Å². The van der Waals surface area contributed by atoms with Crippen LogP contribution < -0.4 is 0 Å². The molecule has 0 spiro atoms. The van der Waals surface area contributed by atoms with Crippen LogP contribution in [-0.2, 0) is 0 Å². The third-order valence-corrected chi connectivity index (χ3v) is 11.4. The lowest BCUT2D eigenvalue weighted by Crippen LogP contribution is -2.16. The molecule has 4 rings (SSSR count). The number of benzene rings is 4. The number of unbranched alkanes of at least 4 members (excludes halogenated alkanes) is 1. The number of carbonyl (C=O) groups is 4. The average molecular weight is 805 g/mol. The van der Waals surface area contributed by atoms with E-state index in [1.807, 2.05) is 79.7 Å². The molecule has 0 saturated carbocycles. The van der Waals surface area contributed by atoms with Crippen LogP contribution in [-0.4, -0.2) is 44.3 Å². The second kappa shape index (κ2) is 19.0. The highest BCUT2D eigenvalue weighted by atomic mass is 16.4. The van der Waals surface area contributed by atoms with E-state index in [-0.39, 0.29) is 27.9 Å². The van der Waals surface area contributed by atoms with Crippen molar-refractivity contribution in [3.8, 4) is 0 Å². The molecular weight excluding hydrogens is 741 g/mol. The van der Waals surface area contributed by atoms with Gasteiger partial charge in [0.2, 0.25) is 0 Å². The van der Waals surface area contributed by atoms with Gasteiger partial charge in [-0.1, -0.05) is 71.9 Å². The molecule has 0 aromatic heterocycles. The first kappa shape index (κ1) is 47.9. The van der Waals surface area contributed by atoms with Crippen molar-refractivity contribution in [1.29, 1.82) is 0 Å². The molecule has 316 valence electrons. The molecule has 0 fully saturated rings. The highest BCUT2D eigenvalue weighted by Gasteiger charge is 2.26. The Kier molecular flexibility index (Phi) is 15.5. The van der Waals surface area contributed by atoms with Crippen molar-refractivity contribution in [2.45, 2.75) is 129 Å². The van der Waals surface area contributed by atoms with E-state index in [2.05, 4.69) is 47.6 Å². The summed E-state index contributed by atoms with van der Waals surface area (Å²) in [5.41, 5.74) is 12.3. The van der Waals surface area contributed by atoms with Gasteiger partial charge in [0.05, 0.1) is 22.3 Å². The quantitative estimate of drug-likeness (QED) is 0.103. The van der Waals surface area contributed by atoms with Crippen molar-refractivity contribution >= 4 is 29.5 Å². The minimum atomic E-state index is -0.958. The molecule has 0 unspecified atom stereocenters. The van der Waals surface area contributed by atoms with Gasteiger partial charge in [0.1, 0.15) is 0 Å². The van der Waals surface area contributed by atoms with Crippen LogP contribution in [0.5, 0.6) is 0 Å². The fourth-order valence-corrected chi connectivity index (χ4v) is 7.42. The maximum atomic E-state index is 11.8. The Hall–Kier alpha value is -5.50. The van der Waals surface area contributed by atoms with Crippen molar-refractivity contribution in [2.24, 2.45) is 10.8 Å². The first-order valence-corrected chi connectivity index (χ1v) is 20.2. The molecule has 8 heteroatoms. The first-order valence-electron chi connectivity index (χ1n) is 20.2. The molecule has 0 heterocycles. The standard InChI is InChI=1S/C27H34O4.C24H30O4/c1-16-12-20(14-23(18(16)3)25(28)29)22(10-8-9-11-27(5,6)7)21-13-17(2)19(4)24(15-21)26(30)31;1-13-8-17(10-19(15(13)3)22(25)26)21(12-24(5,6)7)18-9-14(2)16(4)20(11-18)23(27)28/h10,12-15H,8-9,11H2,1-7H3,(H,28,29)(H,30,31);8-11,21H,12H2,1-7H3,(H,25,26)(H,27,28).